The number of nitrogens with zero attached hydrogens (tertiary/aromatic N) is 2. The monoisotopic (exact) mass is 326 g/mol. The number of nitrogens with one attached hydrogen (secondary N) is 2. The number of urea groups is 1. The summed E-state index contributed by atoms with van der Waals surface area (Å²) in [5.41, 5.74) is 0. The molecule has 2 heterocycles. The zero-order valence-electron chi connectivity index (χ0n) is 15.0. The number of carbonyl (C=O) groups excluding carboxylic acids is 1. The fourth-order valence-electron chi connectivity index (χ4n) is 3.80. The van der Waals surface area contributed by atoms with E-state index < -0.39 is 0 Å². The van der Waals surface area contributed by atoms with Crippen LogP contribution >= 0.6 is 0 Å². The molecule has 2 rings (SSSR count). The van der Waals surface area contributed by atoms with E-state index in [2.05, 4.69) is 41.2 Å². The minimum absolute atomic E-state index is 0.0520. The van der Waals surface area contributed by atoms with Gasteiger partial charge in [0.15, 0.2) is 0 Å². The first-order chi connectivity index (χ1) is 11.0. The molecule has 0 radical (unpaired) electrons. The summed E-state index contributed by atoms with van der Waals surface area (Å²) in [4.78, 5) is 16.8. The predicted octanol–water partition coefficient (Wildman–Crippen LogP) is 0.984. The lowest BCUT2D eigenvalue weighted by Crippen LogP contribution is -2.50. The smallest absolute Gasteiger partial charge is 0.315 e. The van der Waals surface area contributed by atoms with E-state index >= 15 is 0 Å². The number of piperidine rings is 1. The Bertz CT molecular complexity index is 351. The van der Waals surface area contributed by atoms with Crippen LogP contribution < -0.4 is 10.6 Å². The largest absolute Gasteiger partial charge is 0.379 e. The first-order valence-electron chi connectivity index (χ1n) is 9.09. The SMILES string of the molecule is CC1CC(C)CN(CC(C)NC(=O)NCCN2CCOCC2)C1. The molecule has 0 aliphatic carbocycles. The second kappa shape index (κ2) is 9.45. The quantitative estimate of drug-likeness (QED) is 0.764. The van der Waals surface area contributed by atoms with Crippen LogP contribution in [0, 0.1) is 11.8 Å². The van der Waals surface area contributed by atoms with Crippen LogP contribution in [0.2, 0.25) is 0 Å². The maximum atomic E-state index is 12.0. The van der Waals surface area contributed by atoms with Crippen molar-refractivity contribution in [2.75, 3.05) is 59.0 Å². The highest BCUT2D eigenvalue weighted by Gasteiger charge is 2.23. The van der Waals surface area contributed by atoms with E-state index in [1.54, 1.807) is 0 Å². The van der Waals surface area contributed by atoms with Gasteiger partial charge in [0.25, 0.3) is 0 Å². The van der Waals surface area contributed by atoms with Gasteiger partial charge in [-0.3, -0.25) is 4.90 Å². The molecule has 3 atom stereocenters. The Morgan fingerprint density at radius 3 is 2.48 bits per heavy atom. The third kappa shape index (κ3) is 7.06. The molecule has 0 aromatic rings. The Morgan fingerprint density at radius 1 is 1.17 bits per heavy atom. The molecule has 3 unspecified atom stereocenters. The molecule has 2 saturated heterocycles. The molecule has 2 fully saturated rings. The van der Waals surface area contributed by atoms with Gasteiger partial charge in [-0.2, -0.15) is 0 Å². The molecule has 0 bridgehead atoms. The van der Waals surface area contributed by atoms with Crippen molar-refractivity contribution < 1.29 is 9.53 Å². The summed E-state index contributed by atoms with van der Waals surface area (Å²) in [7, 11) is 0. The molecule has 6 nitrogen and oxygen atoms in total. The number of hydrogen-bond donors (Lipinski definition) is 2. The van der Waals surface area contributed by atoms with Gasteiger partial charge in [-0.05, 0) is 25.2 Å². The van der Waals surface area contributed by atoms with Gasteiger partial charge in [0.1, 0.15) is 0 Å². The van der Waals surface area contributed by atoms with E-state index in [0.29, 0.717) is 6.54 Å². The van der Waals surface area contributed by atoms with Gasteiger partial charge >= 0.3 is 6.03 Å². The third-order valence-corrected chi connectivity index (χ3v) is 4.67. The van der Waals surface area contributed by atoms with Crippen molar-refractivity contribution in [3.8, 4) is 0 Å². The van der Waals surface area contributed by atoms with Crippen LogP contribution in [0.3, 0.4) is 0 Å². The van der Waals surface area contributed by atoms with Crippen LogP contribution in [0.4, 0.5) is 4.79 Å². The molecule has 0 spiro atoms. The van der Waals surface area contributed by atoms with Crippen molar-refractivity contribution in [1.82, 2.24) is 20.4 Å². The van der Waals surface area contributed by atoms with E-state index in [9.17, 15) is 4.79 Å². The van der Waals surface area contributed by atoms with Crippen molar-refractivity contribution in [3.63, 3.8) is 0 Å². The molecule has 6 heteroatoms. The van der Waals surface area contributed by atoms with Gasteiger partial charge in [0, 0.05) is 51.9 Å². The highest BCUT2D eigenvalue weighted by Crippen LogP contribution is 2.20. The maximum Gasteiger partial charge on any atom is 0.315 e. The summed E-state index contributed by atoms with van der Waals surface area (Å²) in [5, 5.41) is 6.02. The fraction of sp³-hybridized carbons (Fsp3) is 0.941. The zero-order valence-corrected chi connectivity index (χ0v) is 15.0. The normalized spacial score (nSPS) is 28.3. The van der Waals surface area contributed by atoms with Crippen molar-refractivity contribution in [2.45, 2.75) is 33.2 Å². The summed E-state index contributed by atoms with van der Waals surface area (Å²) in [6.07, 6.45) is 1.32. The number of carbonyl (C=O) groups is 1. The highest BCUT2D eigenvalue weighted by atomic mass is 16.5. The van der Waals surface area contributed by atoms with Crippen molar-refractivity contribution >= 4 is 6.03 Å². The summed E-state index contributed by atoms with van der Waals surface area (Å²) in [6, 6.07) is 0.125. The van der Waals surface area contributed by atoms with E-state index in [1.807, 2.05) is 0 Å². The lowest BCUT2D eigenvalue weighted by Gasteiger charge is -2.36. The first kappa shape index (κ1) is 18.5. The number of amides is 2. The first-order valence-corrected chi connectivity index (χ1v) is 9.09. The second-order valence-corrected chi connectivity index (χ2v) is 7.42. The lowest BCUT2D eigenvalue weighted by atomic mass is 9.92. The maximum absolute atomic E-state index is 12.0. The Kier molecular flexibility index (Phi) is 7.59. The molecule has 2 aliphatic rings. The van der Waals surface area contributed by atoms with Gasteiger partial charge in [-0.1, -0.05) is 13.8 Å². The molecule has 134 valence electrons. The number of rotatable bonds is 6. The Labute approximate surface area is 140 Å². The minimum atomic E-state index is -0.0520. The lowest BCUT2D eigenvalue weighted by molar-refractivity contribution is 0.0387. The Hall–Kier alpha value is -0.850. The summed E-state index contributed by atoms with van der Waals surface area (Å²) >= 11 is 0. The average molecular weight is 326 g/mol. The topological polar surface area (TPSA) is 56.8 Å². The molecule has 2 amide bonds. The summed E-state index contributed by atoms with van der Waals surface area (Å²) in [5.74, 6) is 1.52. The number of morpholine rings is 1. The molecule has 23 heavy (non-hydrogen) atoms. The Morgan fingerprint density at radius 2 is 1.83 bits per heavy atom. The molecular weight excluding hydrogens is 292 g/mol. The van der Waals surface area contributed by atoms with Crippen LogP contribution in [0.15, 0.2) is 0 Å². The van der Waals surface area contributed by atoms with Gasteiger partial charge in [-0.25, -0.2) is 4.79 Å². The predicted molar refractivity (Wildman–Crippen MR) is 92.6 cm³/mol. The van der Waals surface area contributed by atoms with E-state index in [4.69, 9.17) is 4.74 Å². The van der Waals surface area contributed by atoms with Gasteiger partial charge in [-0.15, -0.1) is 0 Å². The zero-order chi connectivity index (χ0) is 16.7. The molecule has 2 aliphatic heterocycles. The Balaban J connectivity index is 1.58. The van der Waals surface area contributed by atoms with E-state index in [0.717, 1.165) is 64.3 Å². The van der Waals surface area contributed by atoms with Crippen LogP contribution in [-0.4, -0.2) is 80.9 Å². The molecular formula is C17H34N4O2. The van der Waals surface area contributed by atoms with E-state index in [1.165, 1.54) is 6.42 Å². The van der Waals surface area contributed by atoms with Crippen LogP contribution in [0.1, 0.15) is 27.2 Å². The minimum Gasteiger partial charge on any atom is -0.379 e. The van der Waals surface area contributed by atoms with Crippen molar-refractivity contribution in [2.24, 2.45) is 11.8 Å². The third-order valence-electron chi connectivity index (χ3n) is 4.67. The molecule has 0 saturated carbocycles. The fourth-order valence-corrected chi connectivity index (χ4v) is 3.80. The van der Waals surface area contributed by atoms with Crippen LogP contribution in [0.25, 0.3) is 0 Å². The van der Waals surface area contributed by atoms with Crippen molar-refractivity contribution in [3.05, 3.63) is 0 Å². The van der Waals surface area contributed by atoms with Crippen LogP contribution in [-0.2, 0) is 4.74 Å². The van der Waals surface area contributed by atoms with Crippen molar-refractivity contribution in [1.29, 1.82) is 0 Å². The number of likely N-dealkylation sites (tertiary alicyclic amines) is 1. The molecule has 0 aromatic heterocycles. The van der Waals surface area contributed by atoms with Gasteiger partial charge in [0.05, 0.1) is 13.2 Å². The average Bonchev–Trinajstić information content (AvgIpc) is 2.47. The highest BCUT2D eigenvalue weighted by molar-refractivity contribution is 5.74. The second-order valence-electron chi connectivity index (χ2n) is 7.42. The number of hydrogen-bond acceptors (Lipinski definition) is 4. The molecule has 0 aromatic carbocycles. The van der Waals surface area contributed by atoms with E-state index in [-0.39, 0.29) is 12.1 Å². The standard InChI is InChI=1S/C17H34N4O2/c1-14-10-15(2)12-21(11-14)13-16(3)19-17(22)18-4-5-20-6-8-23-9-7-20/h14-16H,4-13H2,1-3H3,(H2,18,19,22). The van der Waals surface area contributed by atoms with Gasteiger partial charge in [0.2, 0.25) is 0 Å². The summed E-state index contributed by atoms with van der Waals surface area (Å²) < 4.78 is 5.32. The molecule has 2 N–H and O–H groups in total. The number of ether oxygens (including phenoxy) is 1. The van der Waals surface area contributed by atoms with Crippen LogP contribution in [0.5, 0.6) is 0 Å². The van der Waals surface area contributed by atoms with Gasteiger partial charge < -0.3 is 20.3 Å². The summed E-state index contributed by atoms with van der Waals surface area (Å²) in [6.45, 7) is 15.1.